The summed E-state index contributed by atoms with van der Waals surface area (Å²) in [7, 11) is 0. The van der Waals surface area contributed by atoms with Crippen LogP contribution in [0.25, 0.3) is 5.65 Å². The molecule has 2 amide bonds. The second-order valence-corrected chi connectivity index (χ2v) is 6.57. The average molecular weight is 329 g/mol. The van der Waals surface area contributed by atoms with Crippen molar-refractivity contribution in [3.63, 3.8) is 0 Å². The Balaban J connectivity index is 2.08. The van der Waals surface area contributed by atoms with Gasteiger partial charge in [-0.3, -0.25) is 9.59 Å². The zero-order chi connectivity index (χ0) is 17.4. The van der Waals surface area contributed by atoms with Crippen molar-refractivity contribution < 1.29 is 9.59 Å². The van der Waals surface area contributed by atoms with Crippen molar-refractivity contribution in [2.45, 2.75) is 52.5 Å². The summed E-state index contributed by atoms with van der Waals surface area (Å²) in [6.45, 7) is 5.56. The van der Waals surface area contributed by atoms with Gasteiger partial charge in [0.1, 0.15) is 5.56 Å². The molecule has 2 N–H and O–H groups in total. The number of carbonyl (C=O) groups excluding carboxylic acids is 2. The monoisotopic (exact) mass is 329 g/mol. The van der Waals surface area contributed by atoms with Gasteiger partial charge < -0.3 is 10.6 Å². The van der Waals surface area contributed by atoms with Gasteiger partial charge in [0.2, 0.25) is 5.91 Å². The quantitative estimate of drug-likeness (QED) is 0.920. The van der Waals surface area contributed by atoms with E-state index in [9.17, 15) is 9.59 Å². The molecule has 0 aliphatic heterocycles. The van der Waals surface area contributed by atoms with E-state index in [0.717, 1.165) is 37.1 Å². The molecule has 3 rings (SSSR count). The highest BCUT2D eigenvalue weighted by atomic mass is 16.2. The molecule has 0 bridgehead atoms. The van der Waals surface area contributed by atoms with Gasteiger partial charge in [-0.2, -0.15) is 5.10 Å². The van der Waals surface area contributed by atoms with E-state index in [0.29, 0.717) is 16.9 Å². The first-order valence-corrected chi connectivity index (χ1v) is 8.31. The third-order valence-electron chi connectivity index (χ3n) is 4.64. The van der Waals surface area contributed by atoms with E-state index in [1.165, 1.54) is 0 Å². The normalized spacial score (nSPS) is 15.1. The lowest BCUT2D eigenvalue weighted by Gasteiger charge is -2.27. The van der Waals surface area contributed by atoms with Gasteiger partial charge in [0, 0.05) is 17.4 Å². The van der Waals surface area contributed by atoms with Gasteiger partial charge in [0.15, 0.2) is 5.65 Å². The summed E-state index contributed by atoms with van der Waals surface area (Å²) in [5.41, 5.74) is 8.76. The van der Waals surface area contributed by atoms with Gasteiger partial charge in [-0.05, 0) is 39.7 Å². The van der Waals surface area contributed by atoms with Crippen LogP contribution in [0.3, 0.4) is 0 Å². The number of fused-ring (bicyclic) bond motifs is 1. The van der Waals surface area contributed by atoms with Crippen molar-refractivity contribution >= 4 is 17.5 Å². The SMILES string of the molecule is Cc1cc(C)n2nc(C)c(C(=O)N(CC(N)=O)C3CCCC3)c2n1. The smallest absolute Gasteiger partial charge is 0.260 e. The highest BCUT2D eigenvalue weighted by molar-refractivity contribution is 6.02. The fraction of sp³-hybridized carbons (Fsp3) is 0.529. The number of hydrogen-bond donors (Lipinski definition) is 1. The second kappa shape index (κ2) is 6.22. The molecular weight excluding hydrogens is 306 g/mol. The predicted molar refractivity (Wildman–Crippen MR) is 89.7 cm³/mol. The highest BCUT2D eigenvalue weighted by Crippen LogP contribution is 2.26. The highest BCUT2D eigenvalue weighted by Gasteiger charge is 2.32. The first kappa shape index (κ1) is 16.4. The van der Waals surface area contributed by atoms with Gasteiger partial charge in [0.25, 0.3) is 5.91 Å². The number of hydrogen-bond acceptors (Lipinski definition) is 4. The largest absolute Gasteiger partial charge is 0.368 e. The Bertz CT molecular complexity index is 805. The summed E-state index contributed by atoms with van der Waals surface area (Å²) < 4.78 is 1.69. The summed E-state index contributed by atoms with van der Waals surface area (Å²) in [6, 6.07) is 1.98. The average Bonchev–Trinajstić information content (AvgIpc) is 3.11. The van der Waals surface area contributed by atoms with Crippen molar-refractivity contribution in [3.8, 4) is 0 Å². The molecule has 1 fully saturated rings. The molecule has 7 nitrogen and oxygen atoms in total. The van der Waals surface area contributed by atoms with Crippen LogP contribution in [0.5, 0.6) is 0 Å². The van der Waals surface area contributed by atoms with Crippen LogP contribution < -0.4 is 5.73 Å². The molecule has 1 saturated carbocycles. The third kappa shape index (κ3) is 2.86. The number of rotatable bonds is 4. The Morgan fingerprint density at radius 1 is 1.29 bits per heavy atom. The minimum atomic E-state index is -0.496. The molecule has 7 heteroatoms. The van der Waals surface area contributed by atoms with Crippen molar-refractivity contribution in [2.75, 3.05) is 6.54 Å². The summed E-state index contributed by atoms with van der Waals surface area (Å²) >= 11 is 0. The number of primary amides is 1. The number of aromatic nitrogens is 3. The maximum absolute atomic E-state index is 13.2. The Kier molecular flexibility index (Phi) is 4.26. The molecular formula is C17H23N5O2. The van der Waals surface area contributed by atoms with Crippen molar-refractivity contribution in [1.82, 2.24) is 19.5 Å². The van der Waals surface area contributed by atoms with Crippen molar-refractivity contribution in [3.05, 3.63) is 28.7 Å². The van der Waals surface area contributed by atoms with E-state index in [4.69, 9.17) is 5.73 Å². The van der Waals surface area contributed by atoms with Crippen LogP contribution in [0, 0.1) is 20.8 Å². The maximum atomic E-state index is 13.2. The Morgan fingerprint density at radius 2 is 1.96 bits per heavy atom. The molecule has 2 heterocycles. The molecule has 0 unspecified atom stereocenters. The Hall–Kier alpha value is -2.44. The lowest BCUT2D eigenvalue weighted by Crippen LogP contribution is -2.44. The second-order valence-electron chi connectivity index (χ2n) is 6.57. The zero-order valence-electron chi connectivity index (χ0n) is 14.4. The molecule has 128 valence electrons. The van der Waals surface area contributed by atoms with Crippen LogP contribution in [0.4, 0.5) is 0 Å². The Labute approximate surface area is 140 Å². The zero-order valence-corrected chi connectivity index (χ0v) is 14.4. The van der Waals surface area contributed by atoms with Crippen LogP contribution in [0.15, 0.2) is 6.07 Å². The van der Waals surface area contributed by atoms with E-state index in [1.54, 1.807) is 16.3 Å². The van der Waals surface area contributed by atoms with E-state index in [1.807, 2.05) is 19.9 Å². The molecule has 1 aliphatic carbocycles. The van der Waals surface area contributed by atoms with Gasteiger partial charge in [-0.25, -0.2) is 9.50 Å². The van der Waals surface area contributed by atoms with Crippen molar-refractivity contribution in [1.29, 1.82) is 0 Å². The van der Waals surface area contributed by atoms with E-state index in [-0.39, 0.29) is 18.5 Å². The van der Waals surface area contributed by atoms with Crippen LogP contribution in [-0.4, -0.2) is 43.9 Å². The fourth-order valence-corrected chi connectivity index (χ4v) is 3.57. The number of aryl methyl sites for hydroxylation is 3. The molecule has 0 saturated heterocycles. The topological polar surface area (TPSA) is 93.6 Å². The minimum absolute atomic E-state index is 0.0604. The predicted octanol–water partition coefficient (Wildman–Crippen LogP) is 1.52. The van der Waals surface area contributed by atoms with Gasteiger partial charge >= 0.3 is 0 Å². The van der Waals surface area contributed by atoms with E-state index >= 15 is 0 Å². The number of nitrogens with two attached hydrogens (primary N) is 1. The Morgan fingerprint density at radius 3 is 2.58 bits per heavy atom. The molecule has 2 aromatic rings. The van der Waals surface area contributed by atoms with Crippen LogP contribution in [0.1, 0.15) is 53.1 Å². The first-order valence-electron chi connectivity index (χ1n) is 8.31. The van der Waals surface area contributed by atoms with E-state index < -0.39 is 5.91 Å². The standard InChI is InChI=1S/C17H23N5O2/c1-10-8-11(2)22-16(19-10)15(12(3)20-22)17(24)21(9-14(18)23)13-6-4-5-7-13/h8,13H,4-7,9H2,1-3H3,(H2,18,23). The summed E-state index contributed by atoms with van der Waals surface area (Å²) in [4.78, 5) is 30.8. The molecule has 0 aromatic carbocycles. The molecule has 0 radical (unpaired) electrons. The summed E-state index contributed by atoms with van der Waals surface area (Å²) in [5, 5.41) is 4.45. The molecule has 2 aromatic heterocycles. The number of nitrogens with zero attached hydrogens (tertiary/aromatic N) is 4. The fourth-order valence-electron chi connectivity index (χ4n) is 3.57. The molecule has 0 spiro atoms. The maximum Gasteiger partial charge on any atom is 0.260 e. The van der Waals surface area contributed by atoms with Crippen molar-refractivity contribution in [2.24, 2.45) is 5.73 Å². The number of carbonyl (C=O) groups is 2. The van der Waals surface area contributed by atoms with Gasteiger partial charge in [-0.1, -0.05) is 12.8 Å². The lowest BCUT2D eigenvalue weighted by molar-refractivity contribution is -0.119. The third-order valence-corrected chi connectivity index (χ3v) is 4.64. The lowest BCUT2D eigenvalue weighted by atomic mass is 10.1. The molecule has 0 atom stereocenters. The van der Waals surface area contributed by atoms with Gasteiger partial charge in [-0.15, -0.1) is 0 Å². The summed E-state index contributed by atoms with van der Waals surface area (Å²) in [5.74, 6) is -0.699. The van der Waals surface area contributed by atoms with Crippen LogP contribution in [0.2, 0.25) is 0 Å². The van der Waals surface area contributed by atoms with Crippen LogP contribution >= 0.6 is 0 Å². The minimum Gasteiger partial charge on any atom is -0.368 e. The van der Waals surface area contributed by atoms with Crippen LogP contribution in [-0.2, 0) is 4.79 Å². The molecule has 1 aliphatic rings. The summed E-state index contributed by atoms with van der Waals surface area (Å²) in [6.07, 6.45) is 3.94. The number of amides is 2. The molecule has 24 heavy (non-hydrogen) atoms. The van der Waals surface area contributed by atoms with E-state index in [2.05, 4.69) is 10.1 Å². The first-order chi connectivity index (χ1) is 11.4. The van der Waals surface area contributed by atoms with Gasteiger partial charge in [0.05, 0.1) is 12.2 Å².